The van der Waals surface area contributed by atoms with Crippen molar-refractivity contribution in [3.63, 3.8) is 0 Å². The number of anilines is 3. The van der Waals surface area contributed by atoms with E-state index in [1.54, 1.807) is 18.5 Å². The molecule has 2 aliphatic rings. The lowest BCUT2D eigenvalue weighted by molar-refractivity contribution is -0.117. The molecule has 12 heteroatoms. The molecule has 5 aromatic rings. The molecule has 0 radical (unpaired) electrons. The van der Waals surface area contributed by atoms with Crippen molar-refractivity contribution in [3.05, 3.63) is 67.4 Å². The van der Waals surface area contributed by atoms with E-state index in [2.05, 4.69) is 35.9 Å². The van der Waals surface area contributed by atoms with Gasteiger partial charge in [-0.2, -0.15) is 10.2 Å². The van der Waals surface area contributed by atoms with E-state index in [9.17, 15) is 4.79 Å². The van der Waals surface area contributed by atoms with Crippen LogP contribution in [0, 0.1) is 0 Å². The Morgan fingerprint density at radius 2 is 1.75 bits per heavy atom. The van der Waals surface area contributed by atoms with Crippen molar-refractivity contribution in [1.82, 2.24) is 34.3 Å². The molecule has 2 N–H and O–H groups in total. The Labute approximate surface area is 230 Å². The highest BCUT2D eigenvalue weighted by atomic mass is 16.5. The van der Waals surface area contributed by atoms with Crippen LogP contribution in [-0.2, 0) is 9.53 Å². The molecule has 202 valence electrons. The average molecular weight is 537 g/mol. The highest BCUT2D eigenvalue weighted by Crippen LogP contribution is 2.37. The first-order chi connectivity index (χ1) is 19.7. The zero-order chi connectivity index (χ0) is 27.1. The van der Waals surface area contributed by atoms with E-state index in [-0.39, 0.29) is 18.5 Å². The van der Waals surface area contributed by atoms with Crippen LogP contribution in [-0.4, -0.2) is 73.1 Å². The number of carbonyl (C=O) groups excluding carboxylic acids is 1. The zero-order valence-electron chi connectivity index (χ0n) is 21.8. The van der Waals surface area contributed by atoms with Gasteiger partial charge in [-0.15, -0.1) is 0 Å². The molecule has 7 rings (SSSR count). The highest BCUT2D eigenvalue weighted by Gasteiger charge is 2.28. The number of hydrogen-bond donors (Lipinski definition) is 1. The van der Waals surface area contributed by atoms with Gasteiger partial charge in [0.05, 0.1) is 17.4 Å². The van der Waals surface area contributed by atoms with Gasteiger partial charge in [-0.05, 0) is 43.2 Å². The summed E-state index contributed by atoms with van der Waals surface area (Å²) in [6.45, 7) is 2.81. The molecule has 2 saturated heterocycles. The van der Waals surface area contributed by atoms with E-state index < -0.39 is 0 Å². The van der Waals surface area contributed by atoms with E-state index in [0.29, 0.717) is 24.9 Å². The third kappa shape index (κ3) is 4.22. The Hall–Kier alpha value is -4.84. The number of amides is 1. The molecular formula is C28H28N10O2. The minimum atomic E-state index is -0.0107. The highest BCUT2D eigenvalue weighted by molar-refractivity contribution is 5.98. The van der Waals surface area contributed by atoms with Crippen molar-refractivity contribution in [2.45, 2.75) is 18.9 Å². The van der Waals surface area contributed by atoms with Crippen molar-refractivity contribution in [3.8, 4) is 22.5 Å². The van der Waals surface area contributed by atoms with Gasteiger partial charge in [0.2, 0.25) is 11.9 Å². The van der Waals surface area contributed by atoms with Crippen LogP contribution >= 0.6 is 0 Å². The minimum Gasteiger partial charge on any atom is -0.382 e. The Balaban J connectivity index is 1.25. The number of carbonyl (C=O) groups is 1. The van der Waals surface area contributed by atoms with Crippen molar-refractivity contribution in [1.29, 1.82) is 0 Å². The number of hydrogen-bond acceptors (Lipinski definition) is 9. The fourth-order valence-electron chi connectivity index (χ4n) is 5.62. The minimum absolute atomic E-state index is 0.0107. The Kier molecular flexibility index (Phi) is 6.08. The summed E-state index contributed by atoms with van der Waals surface area (Å²) in [6.07, 6.45) is 8.46. The first-order valence-electron chi connectivity index (χ1n) is 13.3. The number of piperazine rings is 1. The second-order valence-electron chi connectivity index (χ2n) is 9.92. The Bertz CT molecular complexity index is 1680. The molecular weight excluding hydrogens is 508 g/mol. The van der Waals surface area contributed by atoms with Crippen LogP contribution < -0.4 is 15.5 Å². The summed E-state index contributed by atoms with van der Waals surface area (Å²) in [4.78, 5) is 29.8. The second kappa shape index (κ2) is 10.0. The number of nitrogens with two attached hydrogens (primary N) is 1. The number of benzene rings is 1. The van der Waals surface area contributed by atoms with Gasteiger partial charge in [-0.1, -0.05) is 12.1 Å². The molecule has 0 unspecified atom stereocenters. The maximum Gasteiger partial charge on any atom is 0.246 e. The predicted octanol–water partition coefficient (Wildman–Crippen LogP) is 2.84. The lowest BCUT2D eigenvalue weighted by Gasteiger charge is -2.34. The Morgan fingerprint density at radius 3 is 2.58 bits per heavy atom. The second-order valence-corrected chi connectivity index (χ2v) is 9.92. The number of fused-ring (bicyclic) bond motifs is 1. The number of aromatic nitrogens is 7. The largest absolute Gasteiger partial charge is 0.382 e. The molecule has 1 amide bonds. The maximum atomic E-state index is 13.2. The van der Waals surface area contributed by atoms with Crippen molar-refractivity contribution >= 4 is 28.9 Å². The first-order valence-corrected chi connectivity index (χ1v) is 13.3. The molecule has 0 saturated carbocycles. The van der Waals surface area contributed by atoms with Gasteiger partial charge >= 0.3 is 0 Å². The summed E-state index contributed by atoms with van der Waals surface area (Å²) in [5.74, 6) is 0.943. The summed E-state index contributed by atoms with van der Waals surface area (Å²) in [7, 11) is 0. The molecule has 0 spiro atoms. The SMILES string of the molecule is Nc1ncnn2c(-c3cccc(N4CCN(c5ncccn5)CC4=O)c3)cc(-c3ccnn3C3CCOCC3)c12. The normalized spacial score (nSPS) is 16.6. The van der Waals surface area contributed by atoms with Gasteiger partial charge < -0.3 is 20.3 Å². The third-order valence-corrected chi connectivity index (χ3v) is 7.57. The standard InChI is InChI=1S/C28H28N10O2/c29-27-26-22(23-5-10-33-37(23)20-6-13-40-14-7-20)16-24(38(26)34-18-32-27)19-3-1-4-21(15-19)36-12-11-35(17-25(36)39)28-30-8-2-9-31-28/h1-5,8-10,15-16,18,20H,6-7,11-14,17H2,(H2,29,32,34). The maximum absolute atomic E-state index is 13.2. The summed E-state index contributed by atoms with van der Waals surface area (Å²) >= 11 is 0. The Morgan fingerprint density at radius 1 is 0.900 bits per heavy atom. The van der Waals surface area contributed by atoms with Crippen LogP contribution in [0.5, 0.6) is 0 Å². The van der Waals surface area contributed by atoms with Gasteiger partial charge in [0.25, 0.3) is 0 Å². The smallest absolute Gasteiger partial charge is 0.246 e. The first kappa shape index (κ1) is 24.2. The number of nitrogens with zero attached hydrogens (tertiary/aromatic N) is 9. The zero-order valence-corrected chi connectivity index (χ0v) is 21.8. The number of ether oxygens (including phenoxy) is 1. The van der Waals surface area contributed by atoms with Gasteiger partial charge in [0.1, 0.15) is 18.4 Å². The average Bonchev–Trinajstić information content (AvgIpc) is 3.64. The van der Waals surface area contributed by atoms with E-state index in [1.165, 1.54) is 6.33 Å². The molecule has 2 fully saturated rings. The molecule has 1 aromatic carbocycles. The van der Waals surface area contributed by atoms with Crippen LogP contribution in [0.15, 0.2) is 67.4 Å². The third-order valence-electron chi connectivity index (χ3n) is 7.57. The van der Waals surface area contributed by atoms with Crippen molar-refractivity contribution in [2.75, 3.05) is 48.4 Å². The fraction of sp³-hybridized carbons (Fsp3) is 0.286. The van der Waals surface area contributed by atoms with Gasteiger partial charge in [0.15, 0.2) is 5.82 Å². The van der Waals surface area contributed by atoms with Crippen LogP contribution in [0.4, 0.5) is 17.5 Å². The monoisotopic (exact) mass is 536 g/mol. The fourth-order valence-corrected chi connectivity index (χ4v) is 5.62. The lowest BCUT2D eigenvalue weighted by atomic mass is 10.1. The number of nitrogen functional groups attached to an aromatic ring is 1. The van der Waals surface area contributed by atoms with Crippen LogP contribution in [0.25, 0.3) is 28.0 Å². The van der Waals surface area contributed by atoms with Crippen LogP contribution in [0.1, 0.15) is 18.9 Å². The van der Waals surface area contributed by atoms with E-state index in [1.807, 2.05) is 50.8 Å². The summed E-state index contributed by atoms with van der Waals surface area (Å²) in [5, 5.41) is 9.23. The molecule has 40 heavy (non-hydrogen) atoms. The molecule has 12 nitrogen and oxygen atoms in total. The van der Waals surface area contributed by atoms with Crippen molar-refractivity contribution < 1.29 is 9.53 Å². The molecule has 0 atom stereocenters. The van der Waals surface area contributed by atoms with Crippen LogP contribution in [0.3, 0.4) is 0 Å². The molecule has 0 bridgehead atoms. The van der Waals surface area contributed by atoms with E-state index in [0.717, 1.165) is 59.8 Å². The lowest BCUT2D eigenvalue weighted by Crippen LogP contribution is -2.51. The molecule has 6 heterocycles. The molecule has 2 aliphatic heterocycles. The molecule has 0 aliphatic carbocycles. The quantitative estimate of drug-likeness (QED) is 0.360. The summed E-state index contributed by atoms with van der Waals surface area (Å²) in [6, 6.07) is 14.0. The molecule has 4 aromatic heterocycles. The number of rotatable bonds is 5. The van der Waals surface area contributed by atoms with Crippen molar-refractivity contribution in [2.24, 2.45) is 0 Å². The predicted molar refractivity (Wildman–Crippen MR) is 150 cm³/mol. The van der Waals surface area contributed by atoms with Gasteiger partial charge in [-0.25, -0.2) is 19.5 Å². The van der Waals surface area contributed by atoms with Gasteiger partial charge in [-0.3, -0.25) is 9.48 Å². The topological polar surface area (TPSA) is 133 Å². The van der Waals surface area contributed by atoms with E-state index in [4.69, 9.17) is 10.5 Å². The summed E-state index contributed by atoms with van der Waals surface area (Å²) in [5.41, 5.74) is 11.6. The summed E-state index contributed by atoms with van der Waals surface area (Å²) < 4.78 is 9.46. The van der Waals surface area contributed by atoms with Crippen LogP contribution in [0.2, 0.25) is 0 Å². The van der Waals surface area contributed by atoms with Gasteiger partial charge in [0, 0.05) is 61.7 Å². The van der Waals surface area contributed by atoms with E-state index >= 15 is 0 Å².